The van der Waals surface area contributed by atoms with E-state index < -0.39 is 17.6 Å². The third-order valence-electron chi connectivity index (χ3n) is 4.01. The SMILES string of the molecule is O=C(Nc1nncs1)c1cnn(-c2cccc(C(F)(F)F)c2)c1C1CC1. The number of carbonyl (C=O) groups is 1. The van der Waals surface area contributed by atoms with Crippen molar-refractivity contribution in [1.82, 2.24) is 20.0 Å². The maximum absolute atomic E-state index is 13.0. The number of nitrogens with one attached hydrogen (secondary N) is 1. The second-order valence-electron chi connectivity index (χ2n) is 5.88. The summed E-state index contributed by atoms with van der Waals surface area (Å²) in [7, 11) is 0. The monoisotopic (exact) mass is 379 g/mol. The molecule has 0 atom stereocenters. The molecule has 10 heteroatoms. The summed E-state index contributed by atoms with van der Waals surface area (Å²) in [6, 6.07) is 4.91. The van der Waals surface area contributed by atoms with Crippen LogP contribution in [-0.2, 0) is 6.18 Å². The van der Waals surface area contributed by atoms with Crippen molar-refractivity contribution in [3.63, 3.8) is 0 Å². The maximum atomic E-state index is 13.0. The van der Waals surface area contributed by atoms with Crippen molar-refractivity contribution in [2.75, 3.05) is 5.32 Å². The van der Waals surface area contributed by atoms with Crippen molar-refractivity contribution in [2.24, 2.45) is 0 Å². The van der Waals surface area contributed by atoms with E-state index >= 15 is 0 Å². The normalized spacial score (nSPS) is 14.4. The number of nitrogens with zero attached hydrogens (tertiary/aromatic N) is 4. The molecule has 0 spiro atoms. The van der Waals surface area contributed by atoms with Crippen LogP contribution < -0.4 is 5.32 Å². The van der Waals surface area contributed by atoms with Crippen LogP contribution >= 0.6 is 11.3 Å². The van der Waals surface area contributed by atoms with Crippen molar-refractivity contribution in [3.05, 3.63) is 52.8 Å². The third kappa shape index (κ3) is 3.19. The molecule has 1 saturated carbocycles. The van der Waals surface area contributed by atoms with Gasteiger partial charge in [-0.25, -0.2) is 4.68 Å². The topological polar surface area (TPSA) is 72.7 Å². The van der Waals surface area contributed by atoms with E-state index in [9.17, 15) is 18.0 Å². The molecule has 2 aromatic heterocycles. The lowest BCUT2D eigenvalue weighted by molar-refractivity contribution is -0.137. The number of amides is 1. The van der Waals surface area contributed by atoms with Gasteiger partial charge in [-0.3, -0.25) is 10.1 Å². The summed E-state index contributed by atoms with van der Waals surface area (Å²) in [6.45, 7) is 0. The highest BCUT2D eigenvalue weighted by Gasteiger charge is 2.34. The first-order chi connectivity index (χ1) is 12.4. The summed E-state index contributed by atoms with van der Waals surface area (Å²) in [4.78, 5) is 12.5. The number of hydrogen-bond acceptors (Lipinski definition) is 5. The molecule has 3 aromatic rings. The second-order valence-corrected chi connectivity index (χ2v) is 6.71. The average molecular weight is 379 g/mol. The van der Waals surface area contributed by atoms with E-state index in [1.165, 1.54) is 33.8 Å². The number of aromatic nitrogens is 4. The van der Waals surface area contributed by atoms with Crippen molar-refractivity contribution < 1.29 is 18.0 Å². The Bertz CT molecular complexity index is 947. The number of alkyl halides is 3. The quantitative estimate of drug-likeness (QED) is 0.747. The summed E-state index contributed by atoms with van der Waals surface area (Å²) in [6.07, 6.45) is -1.33. The lowest BCUT2D eigenvalue weighted by Gasteiger charge is -2.12. The molecule has 1 aliphatic rings. The fourth-order valence-electron chi connectivity index (χ4n) is 2.69. The fourth-order valence-corrected chi connectivity index (χ4v) is 3.13. The molecule has 4 rings (SSSR count). The highest BCUT2D eigenvalue weighted by atomic mass is 32.1. The van der Waals surface area contributed by atoms with Crippen LogP contribution in [0.2, 0.25) is 0 Å². The van der Waals surface area contributed by atoms with Gasteiger partial charge in [0.2, 0.25) is 5.13 Å². The smallest absolute Gasteiger partial charge is 0.296 e. The van der Waals surface area contributed by atoms with E-state index in [1.54, 1.807) is 6.07 Å². The number of benzene rings is 1. The minimum absolute atomic E-state index is 0.0993. The standard InChI is InChI=1S/C16H12F3N5OS/c17-16(18,19)10-2-1-3-11(6-10)24-13(9-4-5-9)12(7-21-24)14(25)22-15-23-20-8-26-15/h1-3,6-9H,4-5H2,(H,22,23,25). The number of anilines is 1. The molecular weight excluding hydrogens is 367 g/mol. The van der Waals surface area contributed by atoms with Crippen LogP contribution in [0.25, 0.3) is 5.69 Å². The highest BCUT2D eigenvalue weighted by molar-refractivity contribution is 7.13. The Morgan fingerprint density at radius 1 is 1.31 bits per heavy atom. The Morgan fingerprint density at radius 3 is 2.77 bits per heavy atom. The van der Waals surface area contributed by atoms with E-state index in [0.29, 0.717) is 16.4 Å². The zero-order chi connectivity index (χ0) is 18.3. The fraction of sp³-hybridized carbons (Fsp3) is 0.250. The Labute approximate surface area is 149 Å². The molecule has 0 saturated heterocycles. The Balaban J connectivity index is 1.72. The van der Waals surface area contributed by atoms with Gasteiger partial charge in [0.1, 0.15) is 5.51 Å². The number of carbonyl (C=O) groups excluding carboxylic acids is 1. The van der Waals surface area contributed by atoms with Gasteiger partial charge in [0.05, 0.1) is 28.7 Å². The zero-order valence-electron chi connectivity index (χ0n) is 13.2. The predicted molar refractivity (Wildman–Crippen MR) is 88.4 cm³/mol. The minimum Gasteiger partial charge on any atom is -0.296 e. The molecule has 0 radical (unpaired) electrons. The minimum atomic E-state index is -4.44. The number of hydrogen-bond donors (Lipinski definition) is 1. The van der Waals surface area contributed by atoms with Gasteiger partial charge < -0.3 is 0 Å². The van der Waals surface area contributed by atoms with E-state index in [4.69, 9.17) is 0 Å². The summed E-state index contributed by atoms with van der Waals surface area (Å²) in [5.41, 5.74) is 1.96. The molecule has 1 N–H and O–H groups in total. The molecule has 0 unspecified atom stereocenters. The van der Waals surface area contributed by atoms with Crippen LogP contribution in [-0.4, -0.2) is 25.9 Å². The first kappa shape index (κ1) is 16.7. The average Bonchev–Trinajstić information content (AvgIpc) is 3.13. The van der Waals surface area contributed by atoms with Crippen LogP contribution in [0.4, 0.5) is 18.3 Å². The van der Waals surface area contributed by atoms with Gasteiger partial charge in [-0.15, -0.1) is 10.2 Å². The Hall–Kier alpha value is -2.75. The molecule has 2 heterocycles. The predicted octanol–water partition coefficient (Wildman–Crippen LogP) is 3.87. The van der Waals surface area contributed by atoms with E-state index in [0.717, 1.165) is 25.0 Å². The molecule has 1 amide bonds. The number of rotatable bonds is 4. The maximum Gasteiger partial charge on any atom is 0.416 e. The molecule has 134 valence electrons. The van der Waals surface area contributed by atoms with Crippen molar-refractivity contribution in [3.8, 4) is 5.69 Å². The van der Waals surface area contributed by atoms with Crippen molar-refractivity contribution in [2.45, 2.75) is 24.9 Å². The second kappa shape index (κ2) is 6.20. The summed E-state index contributed by atoms with van der Waals surface area (Å²) in [5.74, 6) is -0.302. The molecule has 1 fully saturated rings. The molecule has 1 aliphatic carbocycles. The third-order valence-corrected chi connectivity index (χ3v) is 4.62. The summed E-state index contributed by atoms with van der Waals surface area (Å²) < 4.78 is 40.4. The molecule has 0 aliphatic heterocycles. The molecule has 26 heavy (non-hydrogen) atoms. The number of halogens is 3. The summed E-state index contributed by atoms with van der Waals surface area (Å²) >= 11 is 1.18. The summed E-state index contributed by atoms with van der Waals surface area (Å²) in [5, 5.41) is 14.6. The van der Waals surface area contributed by atoms with Gasteiger partial charge in [-0.2, -0.15) is 18.3 Å². The largest absolute Gasteiger partial charge is 0.416 e. The van der Waals surface area contributed by atoms with Crippen LogP contribution in [0, 0.1) is 0 Å². The zero-order valence-corrected chi connectivity index (χ0v) is 14.0. The highest BCUT2D eigenvalue weighted by Crippen LogP contribution is 2.43. The lowest BCUT2D eigenvalue weighted by Crippen LogP contribution is -2.14. The van der Waals surface area contributed by atoms with E-state index in [1.807, 2.05) is 0 Å². The van der Waals surface area contributed by atoms with Crippen LogP contribution in [0.15, 0.2) is 36.0 Å². The lowest BCUT2D eigenvalue weighted by atomic mass is 10.1. The van der Waals surface area contributed by atoms with Gasteiger partial charge in [0, 0.05) is 5.92 Å². The van der Waals surface area contributed by atoms with Gasteiger partial charge in [0.25, 0.3) is 5.91 Å². The molecule has 0 bridgehead atoms. The van der Waals surface area contributed by atoms with Crippen molar-refractivity contribution in [1.29, 1.82) is 0 Å². The van der Waals surface area contributed by atoms with Gasteiger partial charge in [-0.05, 0) is 31.0 Å². The molecular formula is C16H12F3N5OS. The molecule has 6 nitrogen and oxygen atoms in total. The Kier molecular flexibility index (Phi) is 3.98. The van der Waals surface area contributed by atoms with Gasteiger partial charge in [0.15, 0.2) is 0 Å². The Morgan fingerprint density at radius 2 is 2.12 bits per heavy atom. The van der Waals surface area contributed by atoms with E-state index in [-0.39, 0.29) is 11.6 Å². The van der Waals surface area contributed by atoms with Gasteiger partial charge in [-0.1, -0.05) is 17.4 Å². The van der Waals surface area contributed by atoms with Crippen LogP contribution in [0.5, 0.6) is 0 Å². The van der Waals surface area contributed by atoms with Crippen molar-refractivity contribution >= 4 is 22.4 Å². The first-order valence-electron chi connectivity index (χ1n) is 7.76. The molecule has 1 aromatic carbocycles. The van der Waals surface area contributed by atoms with Crippen LogP contribution in [0.1, 0.15) is 40.4 Å². The van der Waals surface area contributed by atoms with Gasteiger partial charge >= 0.3 is 6.18 Å². The van der Waals surface area contributed by atoms with Crippen LogP contribution in [0.3, 0.4) is 0 Å². The first-order valence-corrected chi connectivity index (χ1v) is 8.64. The van der Waals surface area contributed by atoms with E-state index in [2.05, 4.69) is 20.6 Å².